The van der Waals surface area contributed by atoms with Gasteiger partial charge in [0.1, 0.15) is 0 Å². The summed E-state index contributed by atoms with van der Waals surface area (Å²) in [7, 11) is 0. The van der Waals surface area contributed by atoms with Gasteiger partial charge < -0.3 is 5.32 Å². The van der Waals surface area contributed by atoms with Crippen molar-refractivity contribution < 1.29 is 0 Å². The zero-order valence-corrected chi connectivity index (χ0v) is 12.8. The van der Waals surface area contributed by atoms with Crippen LogP contribution < -0.4 is 5.32 Å². The first-order valence-electron chi connectivity index (χ1n) is 7.94. The Morgan fingerprint density at radius 2 is 1.78 bits per heavy atom. The lowest BCUT2D eigenvalue weighted by Gasteiger charge is -2.36. The van der Waals surface area contributed by atoms with Gasteiger partial charge in [-0.25, -0.2) is 0 Å². The van der Waals surface area contributed by atoms with E-state index in [4.69, 9.17) is 0 Å². The molecule has 1 aliphatic heterocycles. The highest BCUT2D eigenvalue weighted by Crippen LogP contribution is 2.28. The summed E-state index contributed by atoms with van der Waals surface area (Å²) < 4.78 is 0. The Bertz CT molecular complexity index is 250. The minimum atomic E-state index is 0.373. The number of hydrogen-bond acceptors (Lipinski definition) is 2. The molecular formula is C16H32N2. The maximum absolute atomic E-state index is 3.77. The smallest absolute Gasteiger partial charge is 0.0243 e. The van der Waals surface area contributed by atoms with Crippen molar-refractivity contribution in [2.24, 2.45) is 11.3 Å². The van der Waals surface area contributed by atoms with Gasteiger partial charge in [-0.05, 0) is 44.1 Å². The molecule has 106 valence electrons. The molecule has 2 nitrogen and oxygen atoms in total. The van der Waals surface area contributed by atoms with E-state index in [1.165, 1.54) is 51.7 Å². The first-order valence-corrected chi connectivity index (χ1v) is 7.94. The third-order valence-corrected chi connectivity index (χ3v) is 5.01. The van der Waals surface area contributed by atoms with E-state index in [9.17, 15) is 0 Å². The van der Waals surface area contributed by atoms with Crippen LogP contribution in [0.15, 0.2) is 0 Å². The fourth-order valence-corrected chi connectivity index (χ4v) is 3.49. The van der Waals surface area contributed by atoms with Crippen molar-refractivity contribution in [1.82, 2.24) is 10.2 Å². The number of nitrogens with zero attached hydrogens (tertiary/aromatic N) is 1. The van der Waals surface area contributed by atoms with Crippen molar-refractivity contribution in [3.63, 3.8) is 0 Å². The lowest BCUT2D eigenvalue weighted by Crippen LogP contribution is -2.48. The Hall–Kier alpha value is -0.0800. The van der Waals surface area contributed by atoms with Crippen LogP contribution in [-0.4, -0.2) is 36.6 Å². The van der Waals surface area contributed by atoms with E-state index in [1.807, 2.05) is 0 Å². The van der Waals surface area contributed by atoms with Crippen molar-refractivity contribution in [2.75, 3.05) is 19.6 Å². The summed E-state index contributed by atoms with van der Waals surface area (Å²) in [4.78, 5) is 2.77. The maximum Gasteiger partial charge on any atom is 0.0243 e. The molecule has 0 spiro atoms. The largest absolute Gasteiger partial charge is 0.312 e. The Morgan fingerprint density at radius 3 is 2.39 bits per heavy atom. The minimum Gasteiger partial charge on any atom is -0.312 e. The van der Waals surface area contributed by atoms with Crippen molar-refractivity contribution in [3.05, 3.63) is 0 Å². The SMILES string of the molecule is CC1CCNC(C(C)(C)C)CN1CC1CCCC1. The number of hydrogen-bond donors (Lipinski definition) is 1. The molecule has 0 aromatic carbocycles. The number of nitrogens with one attached hydrogen (secondary N) is 1. The highest BCUT2D eigenvalue weighted by atomic mass is 15.2. The van der Waals surface area contributed by atoms with Crippen LogP contribution in [0.2, 0.25) is 0 Å². The molecule has 0 amide bonds. The molecule has 1 saturated carbocycles. The van der Waals surface area contributed by atoms with Crippen LogP contribution in [0, 0.1) is 11.3 Å². The molecule has 0 radical (unpaired) electrons. The second-order valence-corrected chi connectivity index (χ2v) is 7.61. The summed E-state index contributed by atoms with van der Waals surface area (Å²) in [5.74, 6) is 0.978. The van der Waals surface area contributed by atoms with Gasteiger partial charge in [-0.15, -0.1) is 0 Å². The molecule has 0 bridgehead atoms. The van der Waals surface area contributed by atoms with Crippen molar-refractivity contribution in [2.45, 2.75) is 71.9 Å². The van der Waals surface area contributed by atoms with E-state index in [0.717, 1.165) is 12.0 Å². The maximum atomic E-state index is 3.77. The normalized spacial score (nSPS) is 32.7. The van der Waals surface area contributed by atoms with Gasteiger partial charge in [-0.3, -0.25) is 4.90 Å². The monoisotopic (exact) mass is 252 g/mol. The second kappa shape index (κ2) is 5.92. The minimum absolute atomic E-state index is 0.373. The van der Waals surface area contributed by atoms with Crippen LogP contribution in [0.4, 0.5) is 0 Å². The molecule has 1 N–H and O–H groups in total. The Balaban J connectivity index is 1.96. The van der Waals surface area contributed by atoms with E-state index < -0.39 is 0 Å². The van der Waals surface area contributed by atoms with Crippen LogP contribution in [-0.2, 0) is 0 Å². The molecule has 2 atom stereocenters. The third-order valence-electron chi connectivity index (χ3n) is 5.01. The summed E-state index contributed by atoms with van der Waals surface area (Å²) in [5, 5.41) is 3.77. The first kappa shape index (κ1) is 14.3. The van der Waals surface area contributed by atoms with Crippen molar-refractivity contribution in [1.29, 1.82) is 0 Å². The molecular weight excluding hydrogens is 220 g/mol. The molecule has 2 fully saturated rings. The van der Waals surface area contributed by atoms with Crippen LogP contribution in [0.1, 0.15) is 59.8 Å². The predicted octanol–water partition coefficient (Wildman–Crippen LogP) is 3.28. The van der Waals surface area contributed by atoms with E-state index in [1.54, 1.807) is 0 Å². The quantitative estimate of drug-likeness (QED) is 0.811. The van der Waals surface area contributed by atoms with E-state index in [0.29, 0.717) is 11.5 Å². The van der Waals surface area contributed by atoms with Gasteiger partial charge in [-0.1, -0.05) is 33.6 Å². The topological polar surface area (TPSA) is 15.3 Å². The number of rotatable bonds is 2. The summed E-state index contributed by atoms with van der Waals surface area (Å²) in [6, 6.07) is 1.40. The van der Waals surface area contributed by atoms with Gasteiger partial charge in [0, 0.05) is 25.2 Å². The Kier molecular flexibility index (Phi) is 4.71. The fraction of sp³-hybridized carbons (Fsp3) is 1.00. The van der Waals surface area contributed by atoms with Gasteiger partial charge in [0.05, 0.1) is 0 Å². The molecule has 18 heavy (non-hydrogen) atoms. The molecule has 1 aliphatic carbocycles. The van der Waals surface area contributed by atoms with Gasteiger partial charge >= 0.3 is 0 Å². The molecule has 1 saturated heterocycles. The summed E-state index contributed by atoms with van der Waals surface area (Å²) in [5.41, 5.74) is 0.373. The zero-order chi connectivity index (χ0) is 13.2. The van der Waals surface area contributed by atoms with Crippen molar-refractivity contribution in [3.8, 4) is 0 Å². The summed E-state index contributed by atoms with van der Waals surface area (Å²) in [6.45, 7) is 13.3. The summed E-state index contributed by atoms with van der Waals surface area (Å²) >= 11 is 0. The Labute approximate surface area is 114 Å². The molecule has 2 rings (SSSR count). The van der Waals surface area contributed by atoms with Crippen molar-refractivity contribution >= 4 is 0 Å². The average molecular weight is 252 g/mol. The van der Waals surface area contributed by atoms with Gasteiger partial charge in [0.25, 0.3) is 0 Å². The van der Waals surface area contributed by atoms with Gasteiger partial charge in [0.15, 0.2) is 0 Å². The summed E-state index contributed by atoms with van der Waals surface area (Å²) in [6.07, 6.45) is 7.18. The molecule has 2 aliphatic rings. The van der Waals surface area contributed by atoms with Gasteiger partial charge in [0.2, 0.25) is 0 Å². The lowest BCUT2D eigenvalue weighted by atomic mass is 9.86. The van der Waals surface area contributed by atoms with Crippen LogP contribution in [0.5, 0.6) is 0 Å². The zero-order valence-electron chi connectivity index (χ0n) is 12.8. The first-order chi connectivity index (χ1) is 8.47. The molecule has 0 aromatic rings. The van der Waals surface area contributed by atoms with Crippen LogP contribution in [0.3, 0.4) is 0 Å². The van der Waals surface area contributed by atoms with E-state index in [2.05, 4.69) is 37.9 Å². The standard InChI is InChI=1S/C16H32N2/c1-13-9-10-17-15(16(2,3)4)12-18(13)11-14-7-5-6-8-14/h13-15,17H,5-12H2,1-4H3. The Morgan fingerprint density at radius 1 is 1.11 bits per heavy atom. The van der Waals surface area contributed by atoms with Crippen LogP contribution in [0.25, 0.3) is 0 Å². The fourth-order valence-electron chi connectivity index (χ4n) is 3.49. The molecule has 1 heterocycles. The highest BCUT2D eigenvalue weighted by molar-refractivity contribution is 4.89. The molecule has 2 unspecified atom stereocenters. The van der Waals surface area contributed by atoms with E-state index >= 15 is 0 Å². The third kappa shape index (κ3) is 3.71. The van der Waals surface area contributed by atoms with Crippen LogP contribution >= 0.6 is 0 Å². The molecule has 0 aromatic heterocycles. The van der Waals surface area contributed by atoms with Gasteiger partial charge in [-0.2, -0.15) is 0 Å². The van der Waals surface area contributed by atoms with E-state index in [-0.39, 0.29) is 0 Å². The lowest BCUT2D eigenvalue weighted by molar-refractivity contribution is 0.143. The highest BCUT2D eigenvalue weighted by Gasteiger charge is 2.31. The average Bonchev–Trinajstić information content (AvgIpc) is 2.70. The molecule has 2 heteroatoms. The predicted molar refractivity (Wildman–Crippen MR) is 78.9 cm³/mol. The second-order valence-electron chi connectivity index (χ2n) is 7.61.